The van der Waals surface area contributed by atoms with Crippen LogP contribution in [0.4, 0.5) is 0 Å². The monoisotopic (exact) mass is 582 g/mol. The number of hydrogen-bond acceptors (Lipinski definition) is 6. The summed E-state index contributed by atoms with van der Waals surface area (Å²) in [4.78, 5) is 25.3. The number of benzene rings is 4. The lowest BCUT2D eigenvalue weighted by molar-refractivity contribution is 0.0729. The average Bonchev–Trinajstić information content (AvgIpc) is 2.95. The van der Waals surface area contributed by atoms with Gasteiger partial charge in [-0.25, -0.2) is 10.2 Å². The zero-order valence-corrected chi connectivity index (χ0v) is 22.8. The first kappa shape index (κ1) is 28.0. The minimum atomic E-state index is -0.627. The molecule has 4 aromatic carbocycles. The summed E-state index contributed by atoms with van der Waals surface area (Å²) in [6.07, 6.45) is 1.43. The van der Waals surface area contributed by atoms with Gasteiger partial charge in [-0.2, -0.15) is 5.10 Å². The van der Waals surface area contributed by atoms with E-state index in [1.165, 1.54) is 31.5 Å². The van der Waals surface area contributed by atoms with E-state index in [0.717, 1.165) is 5.56 Å². The molecule has 0 aromatic heterocycles. The molecule has 0 spiro atoms. The van der Waals surface area contributed by atoms with E-state index < -0.39 is 11.9 Å². The molecule has 0 atom stereocenters. The molecule has 1 amide bonds. The second kappa shape index (κ2) is 13.2. The molecule has 0 saturated heterocycles. The molecule has 0 heterocycles. The number of hydrogen-bond donors (Lipinski definition) is 1. The van der Waals surface area contributed by atoms with Crippen molar-refractivity contribution in [2.24, 2.45) is 5.10 Å². The van der Waals surface area contributed by atoms with Gasteiger partial charge in [0.1, 0.15) is 12.4 Å². The number of carbonyl (C=O) groups excluding carboxylic acids is 2. The van der Waals surface area contributed by atoms with Crippen LogP contribution < -0.4 is 19.6 Å². The van der Waals surface area contributed by atoms with E-state index in [1.54, 1.807) is 54.6 Å². The normalized spacial score (nSPS) is 10.8. The molecule has 0 aliphatic carbocycles. The molecule has 4 aromatic rings. The Morgan fingerprint density at radius 2 is 1.62 bits per heavy atom. The van der Waals surface area contributed by atoms with Crippen LogP contribution in [0.5, 0.6) is 17.2 Å². The van der Waals surface area contributed by atoms with Crippen molar-refractivity contribution in [1.29, 1.82) is 0 Å². The second-order valence-corrected chi connectivity index (χ2v) is 9.29. The molecular formula is C29H21Cl3N2O5. The predicted molar refractivity (Wildman–Crippen MR) is 152 cm³/mol. The van der Waals surface area contributed by atoms with Gasteiger partial charge in [0.15, 0.2) is 11.5 Å². The van der Waals surface area contributed by atoms with Crippen molar-refractivity contribution in [2.45, 2.75) is 6.61 Å². The summed E-state index contributed by atoms with van der Waals surface area (Å²) in [6, 6.07) is 23.4. The minimum Gasteiger partial charge on any atom is -0.493 e. The third-order valence-corrected chi connectivity index (χ3v) is 6.36. The SMILES string of the molecule is COc1cc(/C=N/NC(=O)c2ccccc2OCc2ccc(Cl)cc2)ccc1OC(=O)c1ccc(Cl)c(Cl)c1. The highest BCUT2D eigenvalue weighted by molar-refractivity contribution is 6.42. The van der Waals surface area contributed by atoms with Crippen molar-refractivity contribution in [3.05, 3.63) is 122 Å². The first-order chi connectivity index (χ1) is 18.8. The fraction of sp³-hybridized carbons (Fsp3) is 0.0690. The molecule has 0 saturated carbocycles. The van der Waals surface area contributed by atoms with Gasteiger partial charge in [0.2, 0.25) is 0 Å². The molecule has 1 N–H and O–H groups in total. The van der Waals surface area contributed by atoms with E-state index in [0.29, 0.717) is 32.7 Å². The number of esters is 1. The Morgan fingerprint density at radius 1 is 0.846 bits per heavy atom. The van der Waals surface area contributed by atoms with Gasteiger partial charge < -0.3 is 14.2 Å². The highest BCUT2D eigenvalue weighted by Crippen LogP contribution is 2.29. The summed E-state index contributed by atoms with van der Waals surface area (Å²) in [7, 11) is 1.44. The maximum Gasteiger partial charge on any atom is 0.343 e. The second-order valence-electron chi connectivity index (χ2n) is 8.04. The zero-order valence-electron chi connectivity index (χ0n) is 20.5. The van der Waals surface area contributed by atoms with Crippen LogP contribution in [0.3, 0.4) is 0 Å². The number of hydrazone groups is 1. The van der Waals surface area contributed by atoms with Gasteiger partial charge >= 0.3 is 5.97 Å². The zero-order chi connectivity index (χ0) is 27.8. The Kier molecular flexibility index (Phi) is 9.44. The smallest absolute Gasteiger partial charge is 0.343 e. The highest BCUT2D eigenvalue weighted by atomic mass is 35.5. The van der Waals surface area contributed by atoms with Crippen molar-refractivity contribution < 1.29 is 23.8 Å². The van der Waals surface area contributed by atoms with Gasteiger partial charge in [-0.1, -0.05) is 59.1 Å². The van der Waals surface area contributed by atoms with Crippen LogP contribution in [0.15, 0.2) is 90.0 Å². The van der Waals surface area contributed by atoms with Crippen LogP contribution >= 0.6 is 34.8 Å². The predicted octanol–water partition coefficient (Wildman–Crippen LogP) is 7.22. The summed E-state index contributed by atoms with van der Waals surface area (Å²) in [5.74, 6) is -0.175. The van der Waals surface area contributed by atoms with Gasteiger partial charge in [0, 0.05) is 5.02 Å². The molecule has 4 rings (SSSR count). The lowest BCUT2D eigenvalue weighted by Crippen LogP contribution is -2.18. The minimum absolute atomic E-state index is 0.196. The number of ether oxygens (including phenoxy) is 3. The van der Waals surface area contributed by atoms with Crippen LogP contribution in [0.2, 0.25) is 15.1 Å². The van der Waals surface area contributed by atoms with Crippen LogP contribution in [-0.4, -0.2) is 25.2 Å². The lowest BCUT2D eigenvalue weighted by atomic mass is 10.2. The van der Waals surface area contributed by atoms with Crippen LogP contribution in [0.25, 0.3) is 0 Å². The molecule has 0 unspecified atom stereocenters. The van der Waals surface area contributed by atoms with Crippen molar-refractivity contribution in [1.82, 2.24) is 5.43 Å². The lowest BCUT2D eigenvalue weighted by Gasteiger charge is -2.11. The summed E-state index contributed by atoms with van der Waals surface area (Å²) in [5, 5.41) is 5.23. The Morgan fingerprint density at radius 3 is 2.36 bits per heavy atom. The summed E-state index contributed by atoms with van der Waals surface area (Å²) >= 11 is 17.8. The maximum absolute atomic E-state index is 12.8. The highest BCUT2D eigenvalue weighted by Gasteiger charge is 2.15. The van der Waals surface area contributed by atoms with Gasteiger partial charge in [-0.15, -0.1) is 0 Å². The van der Waals surface area contributed by atoms with Gasteiger partial charge in [-0.05, 0) is 71.8 Å². The van der Waals surface area contributed by atoms with E-state index >= 15 is 0 Å². The molecule has 39 heavy (non-hydrogen) atoms. The maximum atomic E-state index is 12.8. The molecule has 10 heteroatoms. The molecule has 198 valence electrons. The largest absolute Gasteiger partial charge is 0.493 e. The Labute approximate surface area is 239 Å². The number of methoxy groups -OCH3 is 1. The van der Waals surface area contributed by atoms with Crippen molar-refractivity contribution in [3.8, 4) is 17.2 Å². The van der Waals surface area contributed by atoms with Crippen LogP contribution in [0, 0.1) is 0 Å². The fourth-order valence-electron chi connectivity index (χ4n) is 3.38. The van der Waals surface area contributed by atoms with Gasteiger partial charge in [-0.3, -0.25) is 4.79 Å². The van der Waals surface area contributed by atoms with Gasteiger partial charge in [0.25, 0.3) is 5.91 Å². The number of carbonyl (C=O) groups is 2. The van der Waals surface area contributed by atoms with Gasteiger partial charge in [0.05, 0.1) is 34.5 Å². The summed E-state index contributed by atoms with van der Waals surface area (Å²) in [5.41, 5.74) is 4.55. The number of amides is 1. The van der Waals surface area contributed by atoms with E-state index in [9.17, 15) is 9.59 Å². The topological polar surface area (TPSA) is 86.2 Å². The third-order valence-electron chi connectivity index (χ3n) is 5.36. The van der Waals surface area contributed by atoms with Crippen molar-refractivity contribution in [3.63, 3.8) is 0 Å². The number of nitrogens with one attached hydrogen (secondary N) is 1. The molecule has 7 nitrogen and oxygen atoms in total. The third kappa shape index (κ3) is 7.51. The fourth-order valence-corrected chi connectivity index (χ4v) is 3.80. The number of rotatable bonds is 9. The number of nitrogens with zero attached hydrogens (tertiary/aromatic N) is 1. The molecular weight excluding hydrogens is 563 g/mol. The van der Waals surface area contributed by atoms with Crippen LogP contribution in [0.1, 0.15) is 31.8 Å². The molecule has 0 radical (unpaired) electrons. The number of para-hydroxylation sites is 1. The molecule has 0 aliphatic rings. The Bertz CT molecular complexity index is 1520. The molecule has 0 bridgehead atoms. The molecule has 0 fully saturated rings. The standard InChI is InChI=1S/C29H21Cl3N2O5/c1-37-27-14-19(8-13-26(27)39-29(36)20-9-12-23(31)24(32)15-20)16-33-34-28(35)22-4-2-3-5-25(22)38-17-18-6-10-21(30)11-7-18/h2-16H,17H2,1H3,(H,34,35)/b33-16+. The Hall–Kier alpha value is -4.04. The number of halogens is 3. The van der Waals surface area contributed by atoms with E-state index in [4.69, 9.17) is 49.0 Å². The van der Waals surface area contributed by atoms with Crippen LogP contribution in [-0.2, 0) is 6.61 Å². The van der Waals surface area contributed by atoms with E-state index in [-0.39, 0.29) is 22.9 Å². The quantitative estimate of drug-likeness (QED) is 0.0973. The summed E-state index contributed by atoms with van der Waals surface area (Å²) in [6.45, 7) is 0.270. The van der Waals surface area contributed by atoms with E-state index in [2.05, 4.69) is 10.5 Å². The van der Waals surface area contributed by atoms with E-state index in [1.807, 2.05) is 12.1 Å². The Balaban J connectivity index is 1.39. The van der Waals surface area contributed by atoms with Crippen molar-refractivity contribution >= 4 is 52.9 Å². The first-order valence-electron chi connectivity index (χ1n) is 11.5. The first-order valence-corrected chi connectivity index (χ1v) is 12.6. The summed E-state index contributed by atoms with van der Waals surface area (Å²) < 4.78 is 16.6. The average molecular weight is 584 g/mol. The molecule has 0 aliphatic heterocycles. The van der Waals surface area contributed by atoms with Crippen molar-refractivity contribution in [2.75, 3.05) is 7.11 Å².